The molecule has 154 valence electrons. The Bertz CT molecular complexity index is 1090. The third-order valence-electron chi connectivity index (χ3n) is 4.59. The van der Waals surface area contributed by atoms with Crippen LogP contribution in [0.1, 0.15) is 11.8 Å². The number of fused-ring (bicyclic) bond motifs is 1. The van der Waals surface area contributed by atoms with E-state index in [1.54, 1.807) is 12.1 Å². The molecule has 2 aromatic heterocycles. The Morgan fingerprint density at radius 1 is 1.24 bits per heavy atom. The summed E-state index contributed by atoms with van der Waals surface area (Å²) in [6.07, 6.45) is -4.76. The summed E-state index contributed by atoms with van der Waals surface area (Å²) in [6, 6.07) is 7.24. The van der Waals surface area contributed by atoms with Crippen molar-refractivity contribution in [2.45, 2.75) is 35.4 Å². The molecule has 3 heterocycles. The number of benzene rings is 1. The van der Waals surface area contributed by atoms with Gasteiger partial charge in [0.25, 0.3) is 5.56 Å². The molecule has 6 N–H and O–H groups in total. The minimum Gasteiger partial charge on any atom is -0.394 e. The number of aromatic nitrogens is 4. The fraction of sp³-hybridized carbons (Fsp3) is 0.353. The first kappa shape index (κ1) is 20.1. The van der Waals surface area contributed by atoms with Crippen molar-refractivity contribution in [2.75, 3.05) is 12.3 Å². The van der Waals surface area contributed by atoms with Gasteiger partial charge in [0.1, 0.15) is 18.3 Å². The zero-order valence-electron chi connectivity index (χ0n) is 14.9. The zero-order valence-corrected chi connectivity index (χ0v) is 16.5. The van der Waals surface area contributed by atoms with E-state index >= 15 is 0 Å². The number of nitrogens with one attached hydrogen (secondary N) is 1. The standard InChI is InChI=1S/C17H18ClN5O5S/c18-8-3-1-7(2-4-8)6-29-17-20-10-13(21-16(19)22-14(10)27)23(17)15-12(26)11(25)9(5-24)28-15/h1-4,9,11-12,15,24-26H,5-6H2,(H3,19,21,22,27)/t9-,11-,12-,15-/m1/s1. The highest BCUT2D eigenvalue weighted by atomic mass is 35.5. The molecule has 4 atom stereocenters. The Balaban J connectivity index is 1.77. The largest absolute Gasteiger partial charge is 0.394 e. The number of halogens is 1. The average Bonchev–Trinajstić information content (AvgIpc) is 3.19. The SMILES string of the molecule is Nc1nc2c(nc(SCc3ccc(Cl)cc3)n2[C@@H]2O[C@H](CO)[C@@H](O)[C@H]2O)c(=O)[nH]1. The molecule has 0 bridgehead atoms. The van der Waals surface area contributed by atoms with E-state index in [9.17, 15) is 20.1 Å². The fourth-order valence-corrected chi connectivity index (χ4v) is 4.23. The first-order valence-corrected chi connectivity index (χ1v) is 10.0. The van der Waals surface area contributed by atoms with Crippen LogP contribution in [-0.2, 0) is 10.5 Å². The van der Waals surface area contributed by atoms with Gasteiger partial charge < -0.3 is 25.8 Å². The predicted octanol–water partition coefficient (Wildman–Crippen LogP) is 0.259. The first-order valence-electron chi connectivity index (χ1n) is 8.66. The van der Waals surface area contributed by atoms with Gasteiger partial charge in [-0.05, 0) is 17.7 Å². The number of hydrogen-bond acceptors (Lipinski definition) is 9. The predicted molar refractivity (Wildman–Crippen MR) is 107 cm³/mol. The van der Waals surface area contributed by atoms with E-state index in [4.69, 9.17) is 22.1 Å². The summed E-state index contributed by atoms with van der Waals surface area (Å²) in [5.74, 6) is 0.368. The van der Waals surface area contributed by atoms with E-state index in [-0.39, 0.29) is 17.1 Å². The summed E-state index contributed by atoms with van der Waals surface area (Å²) in [7, 11) is 0. The van der Waals surface area contributed by atoms with Crippen molar-refractivity contribution in [1.29, 1.82) is 0 Å². The van der Waals surface area contributed by atoms with E-state index in [1.807, 2.05) is 12.1 Å². The lowest BCUT2D eigenvalue weighted by molar-refractivity contribution is -0.0548. The van der Waals surface area contributed by atoms with E-state index in [0.29, 0.717) is 15.9 Å². The third kappa shape index (κ3) is 3.72. The van der Waals surface area contributed by atoms with Crippen LogP contribution in [-0.4, -0.2) is 59.8 Å². The zero-order chi connectivity index (χ0) is 20.7. The summed E-state index contributed by atoms with van der Waals surface area (Å²) in [5.41, 5.74) is 6.23. The Hall–Kier alpha value is -2.15. The monoisotopic (exact) mass is 439 g/mol. The molecular weight excluding hydrogens is 422 g/mol. The van der Waals surface area contributed by atoms with Crippen molar-refractivity contribution in [3.8, 4) is 0 Å². The lowest BCUT2D eigenvalue weighted by atomic mass is 10.1. The maximum atomic E-state index is 12.3. The number of aromatic amines is 1. The van der Waals surface area contributed by atoms with Crippen molar-refractivity contribution in [3.63, 3.8) is 0 Å². The van der Waals surface area contributed by atoms with Gasteiger partial charge in [-0.1, -0.05) is 35.5 Å². The second-order valence-corrected chi connectivity index (χ2v) is 7.91. The van der Waals surface area contributed by atoms with Crippen molar-refractivity contribution >= 4 is 40.5 Å². The molecule has 10 nitrogen and oxygen atoms in total. The van der Waals surface area contributed by atoms with Gasteiger partial charge in [0.05, 0.1) is 6.61 Å². The molecule has 0 saturated carbocycles. The maximum absolute atomic E-state index is 12.3. The Labute approximate surface area is 173 Å². The van der Waals surface area contributed by atoms with Crippen molar-refractivity contribution in [1.82, 2.24) is 19.5 Å². The molecule has 1 aliphatic heterocycles. The number of hydrogen-bond donors (Lipinski definition) is 5. The summed E-state index contributed by atoms with van der Waals surface area (Å²) in [4.78, 5) is 23.2. The number of imidazole rings is 1. The highest BCUT2D eigenvalue weighted by molar-refractivity contribution is 7.98. The molecule has 4 rings (SSSR count). The number of aliphatic hydroxyl groups excluding tert-OH is 3. The van der Waals surface area contributed by atoms with Crippen LogP contribution in [0.2, 0.25) is 5.02 Å². The normalized spacial score (nSPS) is 24.4. The first-order chi connectivity index (χ1) is 13.9. The summed E-state index contributed by atoms with van der Waals surface area (Å²) in [6.45, 7) is -0.481. The van der Waals surface area contributed by atoms with Crippen LogP contribution in [0.5, 0.6) is 0 Å². The molecule has 0 aliphatic carbocycles. The van der Waals surface area contributed by atoms with Crippen LogP contribution >= 0.6 is 23.4 Å². The number of anilines is 1. The molecule has 1 fully saturated rings. The molecule has 1 aliphatic rings. The van der Waals surface area contributed by atoms with Crippen LogP contribution in [0.3, 0.4) is 0 Å². The number of H-pyrrole nitrogens is 1. The van der Waals surface area contributed by atoms with Crippen molar-refractivity contribution in [3.05, 3.63) is 45.2 Å². The number of rotatable bonds is 5. The van der Waals surface area contributed by atoms with Crippen LogP contribution in [0.4, 0.5) is 5.95 Å². The minimum atomic E-state index is -1.36. The number of nitrogen functional groups attached to an aromatic ring is 1. The van der Waals surface area contributed by atoms with Gasteiger partial charge in [0.15, 0.2) is 22.5 Å². The molecule has 0 radical (unpaired) electrons. The second kappa shape index (κ2) is 7.94. The molecule has 12 heteroatoms. The summed E-state index contributed by atoms with van der Waals surface area (Å²) < 4.78 is 7.05. The van der Waals surface area contributed by atoms with Crippen LogP contribution in [0.15, 0.2) is 34.2 Å². The maximum Gasteiger partial charge on any atom is 0.280 e. The van der Waals surface area contributed by atoms with Crippen molar-refractivity contribution < 1.29 is 20.1 Å². The number of nitrogens with two attached hydrogens (primary N) is 1. The van der Waals surface area contributed by atoms with Crippen LogP contribution < -0.4 is 11.3 Å². The lowest BCUT2D eigenvalue weighted by Gasteiger charge is -2.19. The molecule has 0 spiro atoms. The van der Waals surface area contributed by atoms with Crippen LogP contribution in [0, 0.1) is 0 Å². The highest BCUT2D eigenvalue weighted by Crippen LogP contribution is 2.36. The molecule has 1 aromatic carbocycles. The molecule has 1 saturated heterocycles. The van der Waals surface area contributed by atoms with E-state index in [2.05, 4.69) is 15.0 Å². The average molecular weight is 440 g/mol. The van der Waals surface area contributed by atoms with Gasteiger partial charge in [0.2, 0.25) is 5.95 Å². The Morgan fingerprint density at radius 3 is 2.62 bits per heavy atom. The quantitative estimate of drug-likeness (QED) is 0.351. The van der Waals surface area contributed by atoms with Gasteiger partial charge >= 0.3 is 0 Å². The molecule has 3 aromatic rings. The molecular formula is C17H18ClN5O5S. The van der Waals surface area contributed by atoms with Gasteiger partial charge in [0, 0.05) is 10.8 Å². The van der Waals surface area contributed by atoms with Gasteiger partial charge in [-0.25, -0.2) is 4.98 Å². The smallest absolute Gasteiger partial charge is 0.280 e. The highest BCUT2D eigenvalue weighted by Gasteiger charge is 2.45. The van der Waals surface area contributed by atoms with E-state index in [0.717, 1.165) is 5.56 Å². The van der Waals surface area contributed by atoms with Crippen molar-refractivity contribution in [2.24, 2.45) is 0 Å². The minimum absolute atomic E-state index is 0.0237. The fourth-order valence-electron chi connectivity index (χ4n) is 3.13. The molecule has 0 amide bonds. The van der Waals surface area contributed by atoms with E-state index < -0.39 is 36.7 Å². The Kier molecular flexibility index (Phi) is 5.51. The Morgan fingerprint density at radius 2 is 1.97 bits per heavy atom. The van der Waals surface area contributed by atoms with Gasteiger partial charge in [-0.15, -0.1) is 0 Å². The van der Waals surface area contributed by atoms with Gasteiger partial charge in [-0.2, -0.15) is 4.98 Å². The van der Waals surface area contributed by atoms with Crippen LogP contribution in [0.25, 0.3) is 11.2 Å². The number of thioether (sulfide) groups is 1. The second-order valence-electron chi connectivity index (χ2n) is 6.53. The lowest BCUT2D eigenvalue weighted by Crippen LogP contribution is -2.33. The third-order valence-corrected chi connectivity index (χ3v) is 5.87. The number of ether oxygens (including phenoxy) is 1. The van der Waals surface area contributed by atoms with E-state index in [1.165, 1.54) is 16.3 Å². The van der Waals surface area contributed by atoms with Gasteiger partial charge in [-0.3, -0.25) is 14.3 Å². The number of nitrogens with zero attached hydrogens (tertiary/aromatic N) is 3. The molecule has 0 unspecified atom stereocenters. The summed E-state index contributed by atoms with van der Waals surface area (Å²) in [5, 5.41) is 30.9. The number of aliphatic hydroxyl groups is 3. The summed E-state index contributed by atoms with van der Waals surface area (Å²) >= 11 is 7.20. The molecule has 29 heavy (non-hydrogen) atoms. The topological polar surface area (TPSA) is 160 Å².